The Morgan fingerprint density at radius 3 is 2.75 bits per heavy atom. The zero-order valence-electron chi connectivity index (χ0n) is 11.0. The summed E-state index contributed by atoms with van der Waals surface area (Å²) in [4.78, 5) is 0. The predicted octanol–water partition coefficient (Wildman–Crippen LogP) is 3.73. The lowest BCUT2D eigenvalue weighted by molar-refractivity contribution is 0.303. The van der Waals surface area contributed by atoms with Gasteiger partial charge in [-0.3, -0.25) is 0 Å². The summed E-state index contributed by atoms with van der Waals surface area (Å²) in [6.45, 7) is 0.365. The number of phenols is 1. The molecule has 4 heteroatoms. The minimum absolute atomic E-state index is 0.134. The number of fused-ring (bicyclic) bond motifs is 1. The molecule has 0 aliphatic carbocycles. The molecule has 0 saturated heterocycles. The first-order valence-corrected chi connectivity index (χ1v) is 6.23. The lowest BCUT2D eigenvalue weighted by atomic mass is 10.2. The van der Waals surface area contributed by atoms with Crippen LogP contribution in [0.2, 0.25) is 0 Å². The molecular weight excluding hydrogens is 256 g/mol. The van der Waals surface area contributed by atoms with Crippen molar-refractivity contribution in [3.05, 3.63) is 54.3 Å². The van der Waals surface area contributed by atoms with Crippen LogP contribution < -0.4 is 9.47 Å². The number of ether oxygens (including phenoxy) is 2. The molecule has 1 heterocycles. The van der Waals surface area contributed by atoms with Crippen molar-refractivity contribution in [2.24, 2.45) is 0 Å². The first-order chi connectivity index (χ1) is 9.78. The van der Waals surface area contributed by atoms with Crippen LogP contribution in [-0.2, 0) is 6.61 Å². The summed E-state index contributed by atoms with van der Waals surface area (Å²) < 4.78 is 16.2. The third-order valence-electron chi connectivity index (χ3n) is 3.09. The first-order valence-electron chi connectivity index (χ1n) is 6.23. The van der Waals surface area contributed by atoms with E-state index in [0.29, 0.717) is 12.2 Å². The lowest BCUT2D eigenvalue weighted by Gasteiger charge is -2.06. The van der Waals surface area contributed by atoms with Gasteiger partial charge in [-0.15, -0.1) is 0 Å². The van der Waals surface area contributed by atoms with Gasteiger partial charge in [0.1, 0.15) is 18.1 Å². The van der Waals surface area contributed by atoms with Gasteiger partial charge in [-0.1, -0.05) is 18.2 Å². The van der Waals surface area contributed by atoms with Gasteiger partial charge >= 0.3 is 0 Å². The van der Waals surface area contributed by atoms with E-state index in [1.54, 1.807) is 25.5 Å². The average Bonchev–Trinajstić information content (AvgIpc) is 2.90. The Balaban J connectivity index is 1.81. The monoisotopic (exact) mass is 270 g/mol. The SMILES string of the molecule is COc1cccc(OCc2coc3c(O)cccc23)c1. The number of hydrogen-bond donors (Lipinski definition) is 1. The third-order valence-corrected chi connectivity index (χ3v) is 3.09. The Kier molecular flexibility index (Phi) is 3.21. The Hall–Kier alpha value is -2.62. The van der Waals surface area contributed by atoms with Crippen LogP contribution in [-0.4, -0.2) is 12.2 Å². The molecule has 0 aliphatic rings. The fourth-order valence-corrected chi connectivity index (χ4v) is 2.06. The molecule has 0 bridgehead atoms. The molecule has 0 fully saturated rings. The van der Waals surface area contributed by atoms with Gasteiger partial charge < -0.3 is 19.0 Å². The second-order valence-electron chi connectivity index (χ2n) is 4.38. The van der Waals surface area contributed by atoms with Crippen LogP contribution in [0.15, 0.2) is 53.1 Å². The third kappa shape index (κ3) is 2.28. The smallest absolute Gasteiger partial charge is 0.175 e. The van der Waals surface area contributed by atoms with Gasteiger partial charge in [0, 0.05) is 17.0 Å². The molecule has 20 heavy (non-hydrogen) atoms. The van der Waals surface area contributed by atoms with E-state index in [-0.39, 0.29) is 5.75 Å². The molecule has 0 atom stereocenters. The zero-order valence-corrected chi connectivity index (χ0v) is 11.0. The summed E-state index contributed by atoms with van der Waals surface area (Å²) in [5, 5.41) is 10.5. The molecule has 0 aliphatic heterocycles. The van der Waals surface area contributed by atoms with Crippen LogP contribution in [0.25, 0.3) is 11.0 Å². The molecule has 0 radical (unpaired) electrons. The number of aromatic hydroxyl groups is 1. The largest absolute Gasteiger partial charge is 0.504 e. The normalized spacial score (nSPS) is 10.7. The Labute approximate surface area is 116 Å². The summed E-state index contributed by atoms with van der Waals surface area (Å²) in [5.74, 6) is 1.60. The first kappa shape index (κ1) is 12.4. The van der Waals surface area contributed by atoms with E-state index in [0.717, 1.165) is 22.4 Å². The molecule has 3 rings (SSSR count). The number of furan rings is 1. The zero-order chi connectivity index (χ0) is 13.9. The summed E-state index contributed by atoms with van der Waals surface area (Å²) in [7, 11) is 1.62. The van der Waals surface area contributed by atoms with Crippen LogP contribution in [0.5, 0.6) is 17.2 Å². The number of rotatable bonds is 4. The molecule has 1 N–H and O–H groups in total. The fraction of sp³-hybridized carbons (Fsp3) is 0.125. The molecule has 0 saturated carbocycles. The quantitative estimate of drug-likeness (QED) is 0.785. The van der Waals surface area contributed by atoms with Crippen LogP contribution in [0.4, 0.5) is 0 Å². The summed E-state index contributed by atoms with van der Waals surface area (Å²) in [6, 6.07) is 12.7. The van der Waals surface area contributed by atoms with Crippen LogP contribution in [0, 0.1) is 0 Å². The average molecular weight is 270 g/mol. The summed E-state index contributed by atoms with van der Waals surface area (Å²) in [6.07, 6.45) is 1.60. The van der Waals surface area contributed by atoms with Crippen molar-refractivity contribution >= 4 is 11.0 Å². The highest BCUT2D eigenvalue weighted by atomic mass is 16.5. The second-order valence-corrected chi connectivity index (χ2v) is 4.38. The molecule has 4 nitrogen and oxygen atoms in total. The van der Waals surface area contributed by atoms with Gasteiger partial charge in [0.05, 0.1) is 13.4 Å². The highest BCUT2D eigenvalue weighted by Crippen LogP contribution is 2.29. The Morgan fingerprint density at radius 1 is 1.10 bits per heavy atom. The number of hydrogen-bond acceptors (Lipinski definition) is 4. The van der Waals surface area contributed by atoms with E-state index < -0.39 is 0 Å². The van der Waals surface area contributed by atoms with Crippen molar-refractivity contribution in [1.29, 1.82) is 0 Å². The minimum Gasteiger partial charge on any atom is -0.504 e. The van der Waals surface area contributed by atoms with E-state index in [2.05, 4.69) is 0 Å². The maximum atomic E-state index is 9.69. The maximum absolute atomic E-state index is 9.69. The van der Waals surface area contributed by atoms with Gasteiger partial charge in [-0.25, -0.2) is 0 Å². The molecular formula is C16H14O4. The maximum Gasteiger partial charge on any atom is 0.175 e. The molecule has 1 aromatic heterocycles. The highest BCUT2D eigenvalue weighted by molar-refractivity contribution is 5.85. The molecule has 0 amide bonds. The molecule has 0 unspecified atom stereocenters. The van der Waals surface area contributed by atoms with Gasteiger partial charge in [0.25, 0.3) is 0 Å². The lowest BCUT2D eigenvalue weighted by Crippen LogP contribution is -1.94. The van der Waals surface area contributed by atoms with Crippen molar-refractivity contribution in [3.8, 4) is 17.2 Å². The predicted molar refractivity (Wildman–Crippen MR) is 75.2 cm³/mol. The second kappa shape index (κ2) is 5.17. The van der Waals surface area contributed by atoms with Crippen molar-refractivity contribution in [2.45, 2.75) is 6.61 Å². The van der Waals surface area contributed by atoms with Gasteiger partial charge in [-0.2, -0.15) is 0 Å². The van der Waals surface area contributed by atoms with E-state index in [9.17, 15) is 5.11 Å². The standard InChI is InChI=1S/C16H14O4/c1-18-12-4-2-5-13(8-12)19-9-11-10-20-16-14(11)6-3-7-15(16)17/h2-8,10,17H,9H2,1H3. The van der Waals surface area contributed by atoms with Crippen molar-refractivity contribution in [3.63, 3.8) is 0 Å². The Morgan fingerprint density at radius 2 is 1.90 bits per heavy atom. The molecule has 2 aromatic carbocycles. The molecule has 102 valence electrons. The van der Waals surface area contributed by atoms with E-state index >= 15 is 0 Å². The molecule has 3 aromatic rings. The fourth-order valence-electron chi connectivity index (χ4n) is 2.06. The van der Waals surface area contributed by atoms with E-state index in [4.69, 9.17) is 13.9 Å². The van der Waals surface area contributed by atoms with Crippen LogP contribution in [0.1, 0.15) is 5.56 Å². The van der Waals surface area contributed by atoms with Gasteiger partial charge in [0.2, 0.25) is 0 Å². The van der Waals surface area contributed by atoms with E-state index in [1.807, 2.05) is 30.3 Å². The van der Waals surface area contributed by atoms with Crippen molar-refractivity contribution in [2.75, 3.05) is 7.11 Å². The summed E-state index contributed by atoms with van der Waals surface area (Å²) in [5.41, 5.74) is 1.37. The van der Waals surface area contributed by atoms with Crippen molar-refractivity contribution < 1.29 is 19.0 Å². The summed E-state index contributed by atoms with van der Waals surface area (Å²) >= 11 is 0. The van der Waals surface area contributed by atoms with Crippen molar-refractivity contribution in [1.82, 2.24) is 0 Å². The minimum atomic E-state index is 0.134. The van der Waals surface area contributed by atoms with E-state index in [1.165, 1.54) is 0 Å². The number of phenolic OH excluding ortho intramolecular Hbond substituents is 1. The number of para-hydroxylation sites is 1. The number of methoxy groups -OCH3 is 1. The molecule has 0 spiro atoms. The van der Waals surface area contributed by atoms with Gasteiger partial charge in [-0.05, 0) is 18.2 Å². The van der Waals surface area contributed by atoms with Crippen LogP contribution >= 0.6 is 0 Å². The van der Waals surface area contributed by atoms with Gasteiger partial charge in [0.15, 0.2) is 11.3 Å². The Bertz CT molecular complexity index is 730. The van der Waals surface area contributed by atoms with Crippen LogP contribution in [0.3, 0.4) is 0 Å². The topological polar surface area (TPSA) is 51.8 Å². The number of benzene rings is 2. The highest BCUT2D eigenvalue weighted by Gasteiger charge is 2.09.